The fraction of sp³-hybridized carbons (Fsp3) is 0.824. The zero-order valence-electron chi connectivity index (χ0n) is 13.9. The molecule has 1 fully saturated rings. The van der Waals surface area contributed by atoms with Gasteiger partial charge in [0.25, 0.3) is 0 Å². The summed E-state index contributed by atoms with van der Waals surface area (Å²) in [6, 6.07) is 3.01. The zero-order valence-corrected chi connectivity index (χ0v) is 13.9. The van der Waals surface area contributed by atoms with E-state index in [1.807, 2.05) is 0 Å². The molecule has 3 N–H and O–H groups in total. The topological polar surface area (TPSA) is 55.9 Å². The largest absolute Gasteiger partial charge is 0.271 e. The Morgan fingerprint density at radius 1 is 1.29 bits per heavy atom. The van der Waals surface area contributed by atoms with Gasteiger partial charge < -0.3 is 0 Å². The molecule has 1 aliphatic carbocycles. The van der Waals surface area contributed by atoms with Crippen LogP contribution in [0, 0.1) is 5.41 Å². The van der Waals surface area contributed by atoms with Crippen LogP contribution in [0.4, 0.5) is 0 Å². The van der Waals surface area contributed by atoms with Gasteiger partial charge in [-0.2, -0.15) is 5.10 Å². The molecule has 4 nitrogen and oxygen atoms in total. The normalized spacial score (nSPS) is 19.9. The van der Waals surface area contributed by atoms with Crippen LogP contribution < -0.4 is 11.3 Å². The number of aromatic nitrogens is 2. The summed E-state index contributed by atoms with van der Waals surface area (Å²) < 4.78 is 2.13. The van der Waals surface area contributed by atoms with E-state index in [0.717, 1.165) is 25.0 Å². The van der Waals surface area contributed by atoms with Crippen molar-refractivity contribution >= 4 is 0 Å². The number of hydrazine groups is 1. The molecule has 120 valence electrons. The molecular weight excluding hydrogens is 260 g/mol. The predicted molar refractivity (Wildman–Crippen MR) is 87.9 cm³/mol. The Labute approximate surface area is 129 Å². The molecule has 0 aromatic carbocycles. The quantitative estimate of drug-likeness (QED) is 0.596. The van der Waals surface area contributed by atoms with Crippen LogP contribution in [0.15, 0.2) is 12.3 Å². The van der Waals surface area contributed by atoms with Gasteiger partial charge in [0.2, 0.25) is 0 Å². The van der Waals surface area contributed by atoms with Gasteiger partial charge in [-0.05, 0) is 37.2 Å². The summed E-state index contributed by atoms with van der Waals surface area (Å²) in [5.41, 5.74) is 4.55. The maximum Gasteiger partial charge on any atom is 0.0640 e. The van der Waals surface area contributed by atoms with E-state index in [2.05, 4.69) is 43.1 Å². The minimum Gasteiger partial charge on any atom is -0.271 e. The van der Waals surface area contributed by atoms with Crippen molar-refractivity contribution in [2.45, 2.75) is 84.2 Å². The third kappa shape index (κ3) is 3.86. The molecule has 0 saturated heterocycles. The first-order chi connectivity index (χ1) is 10.1. The van der Waals surface area contributed by atoms with Crippen LogP contribution >= 0.6 is 0 Å². The predicted octanol–water partition coefficient (Wildman–Crippen LogP) is 3.59. The summed E-state index contributed by atoms with van der Waals surface area (Å²) in [5.74, 6) is 5.87. The van der Waals surface area contributed by atoms with Crippen LogP contribution in [0.1, 0.15) is 77.5 Å². The standard InChI is InChI=1S/C17H32N4/c1-4-15(5-2)21-12-9-14(20-21)13-16(19-18)17(3)10-7-6-8-11-17/h9,12,15-16,19H,4-8,10-11,13,18H2,1-3H3. The fourth-order valence-electron chi connectivity index (χ4n) is 3.78. The third-order valence-corrected chi connectivity index (χ3v) is 5.43. The Bertz CT molecular complexity index is 416. The highest BCUT2D eigenvalue weighted by atomic mass is 15.3. The number of nitrogens with zero attached hydrogens (tertiary/aromatic N) is 2. The fourth-order valence-corrected chi connectivity index (χ4v) is 3.78. The molecule has 1 saturated carbocycles. The van der Waals surface area contributed by atoms with E-state index >= 15 is 0 Å². The Morgan fingerprint density at radius 2 is 1.95 bits per heavy atom. The Balaban J connectivity index is 2.04. The Hall–Kier alpha value is -0.870. The van der Waals surface area contributed by atoms with Crippen molar-refractivity contribution in [2.24, 2.45) is 11.3 Å². The summed E-state index contributed by atoms with van der Waals surface area (Å²) in [6.45, 7) is 6.83. The molecule has 4 heteroatoms. The first-order valence-corrected chi connectivity index (χ1v) is 8.63. The van der Waals surface area contributed by atoms with Crippen LogP contribution in [0.25, 0.3) is 0 Å². The second-order valence-electron chi connectivity index (χ2n) is 6.90. The van der Waals surface area contributed by atoms with Gasteiger partial charge in [0, 0.05) is 18.7 Å². The van der Waals surface area contributed by atoms with Crippen LogP contribution in [-0.2, 0) is 6.42 Å². The monoisotopic (exact) mass is 292 g/mol. The first-order valence-electron chi connectivity index (χ1n) is 8.63. The lowest BCUT2D eigenvalue weighted by Crippen LogP contribution is -2.49. The molecule has 1 aliphatic rings. The second-order valence-corrected chi connectivity index (χ2v) is 6.90. The second kappa shape index (κ2) is 7.41. The smallest absolute Gasteiger partial charge is 0.0640 e. The number of hydrogen-bond acceptors (Lipinski definition) is 3. The molecule has 1 unspecified atom stereocenters. The van der Waals surface area contributed by atoms with Gasteiger partial charge in [0.05, 0.1) is 11.7 Å². The maximum absolute atomic E-state index is 5.87. The number of nitrogens with two attached hydrogens (primary N) is 1. The van der Waals surface area contributed by atoms with E-state index in [-0.39, 0.29) is 0 Å². The van der Waals surface area contributed by atoms with Crippen LogP contribution in [0.3, 0.4) is 0 Å². The van der Waals surface area contributed by atoms with Crippen LogP contribution in [-0.4, -0.2) is 15.8 Å². The molecule has 0 radical (unpaired) electrons. The molecule has 0 spiro atoms. The Morgan fingerprint density at radius 3 is 2.52 bits per heavy atom. The molecule has 1 aromatic rings. The average Bonchev–Trinajstić information content (AvgIpc) is 2.95. The van der Waals surface area contributed by atoms with E-state index in [0.29, 0.717) is 17.5 Å². The lowest BCUT2D eigenvalue weighted by molar-refractivity contribution is 0.143. The van der Waals surface area contributed by atoms with Gasteiger partial charge in [-0.1, -0.05) is 40.0 Å². The minimum absolute atomic E-state index is 0.311. The number of hydrogen-bond donors (Lipinski definition) is 2. The van der Waals surface area contributed by atoms with Crippen molar-refractivity contribution < 1.29 is 0 Å². The molecule has 0 aliphatic heterocycles. The highest BCUT2D eigenvalue weighted by Gasteiger charge is 2.35. The molecule has 1 aromatic heterocycles. The highest BCUT2D eigenvalue weighted by molar-refractivity contribution is 5.05. The minimum atomic E-state index is 0.311. The van der Waals surface area contributed by atoms with Crippen molar-refractivity contribution in [2.75, 3.05) is 0 Å². The SMILES string of the molecule is CCC(CC)n1ccc(CC(NN)C2(C)CCCCC2)n1. The van der Waals surface area contributed by atoms with Gasteiger partial charge in [-0.3, -0.25) is 16.0 Å². The van der Waals surface area contributed by atoms with E-state index in [1.54, 1.807) is 0 Å². The van der Waals surface area contributed by atoms with Crippen LogP contribution in [0.5, 0.6) is 0 Å². The van der Waals surface area contributed by atoms with E-state index in [4.69, 9.17) is 10.9 Å². The van der Waals surface area contributed by atoms with E-state index in [9.17, 15) is 0 Å². The van der Waals surface area contributed by atoms with E-state index in [1.165, 1.54) is 32.1 Å². The molecule has 0 bridgehead atoms. The van der Waals surface area contributed by atoms with Gasteiger partial charge in [0.1, 0.15) is 0 Å². The van der Waals surface area contributed by atoms with E-state index < -0.39 is 0 Å². The molecule has 1 heterocycles. The summed E-state index contributed by atoms with van der Waals surface area (Å²) in [7, 11) is 0. The molecule has 0 amide bonds. The maximum atomic E-state index is 5.87. The lowest BCUT2D eigenvalue weighted by atomic mass is 9.69. The van der Waals surface area contributed by atoms with Gasteiger partial charge in [-0.25, -0.2) is 0 Å². The van der Waals surface area contributed by atoms with Crippen molar-refractivity contribution in [3.05, 3.63) is 18.0 Å². The highest BCUT2D eigenvalue weighted by Crippen LogP contribution is 2.39. The number of nitrogens with one attached hydrogen (secondary N) is 1. The third-order valence-electron chi connectivity index (χ3n) is 5.43. The summed E-state index contributed by atoms with van der Waals surface area (Å²) in [6.07, 6.45) is 11.9. The van der Waals surface area contributed by atoms with Crippen molar-refractivity contribution in [3.63, 3.8) is 0 Å². The number of rotatable bonds is 7. The summed E-state index contributed by atoms with van der Waals surface area (Å²) >= 11 is 0. The first kappa shape index (κ1) is 16.5. The molecule has 1 atom stereocenters. The molecule has 21 heavy (non-hydrogen) atoms. The van der Waals surface area contributed by atoms with Crippen LogP contribution in [0.2, 0.25) is 0 Å². The zero-order chi connectivity index (χ0) is 15.3. The Kier molecular flexibility index (Phi) is 5.82. The summed E-state index contributed by atoms with van der Waals surface area (Å²) in [4.78, 5) is 0. The summed E-state index contributed by atoms with van der Waals surface area (Å²) in [5, 5.41) is 4.79. The molecule has 2 rings (SSSR count). The molecular formula is C17H32N4. The van der Waals surface area contributed by atoms with Crippen molar-refractivity contribution in [1.29, 1.82) is 0 Å². The average molecular weight is 292 g/mol. The van der Waals surface area contributed by atoms with Gasteiger partial charge >= 0.3 is 0 Å². The van der Waals surface area contributed by atoms with Crippen molar-refractivity contribution in [3.8, 4) is 0 Å². The van der Waals surface area contributed by atoms with Crippen molar-refractivity contribution in [1.82, 2.24) is 15.2 Å². The van der Waals surface area contributed by atoms with Gasteiger partial charge in [0.15, 0.2) is 0 Å². The lowest BCUT2D eigenvalue weighted by Gasteiger charge is -2.40. The van der Waals surface area contributed by atoms with Gasteiger partial charge in [-0.15, -0.1) is 0 Å².